The zero-order chi connectivity index (χ0) is 16.1. The van der Waals surface area contributed by atoms with E-state index in [4.69, 9.17) is 10.5 Å². The average Bonchev–Trinajstić information content (AvgIpc) is 3.35. The molecule has 0 aliphatic heterocycles. The molecule has 0 aromatic heterocycles. The molecule has 3 nitrogen and oxygen atoms in total. The minimum Gasteiger partial charge on any atom is -0.487 e. The van der Waals surface area contributed by atoms with Crippen LogP contribution >= 0.6 is 0 Å². The third kappa shape index (κ3) is 4.96. The van der Waals surface area contributed by atoms with Gasteiger partial charge in [-0.25, -0.2) is 4.39 Å². The van der Waals surface area contributed by atoms with Crippen molar-refractivity contribution in [3.63, 3.8) is 0 Å². The van der Waals surface area contributed by atoms with E-state index in [9.17, 15) is 4.39 Å². The molecule has 1 aliphatic carbocycles. The number of rotatable bonds is 8. The van der Waals surface area contributed by atoms with E-state index in [1.165, 1.54) is 30.5 Å². The maximum Gasteiger partial charge on any atom is 0.142 e. The third-order valence-electron chi connectivity index (χ3n) is 4.01. The van der Waals surface area contributed by atoms with Crippen LogP contribution in [-0.2, 0) is 13.0 Å². The number of ether oxygens (including phenoxy) is 1. The number of halogens is 1. The fourth-order valence-electron chi connectivity index (χ4n) is 2.56. The number of hydrogen-bond acceptors (Lipinski definition) is 3. The highest BCUT2D eigenvalue weighted by Gasteiger charge is 2.19. The molecule has 4 heteroatoms. The lowest BCUT2D eigenvalue weighted by atomic mass is 10.1. The van der Waals surface area contributed by atoms with Crippen molar-refractivity contribution in [1.82, 2.24) is 5.32 Å². The molecule has 0 spiro atoms. The second-order valence-corrected chi connectivity index (χ2v) is 6.12. The molecule has 3 rings (SSSR count). The Morgan fingerprint density at radius 2 is 2.00 bits per heavy atom. The number of aryl methyl sites for hydroxylation is 1. The van der Waals surface area contributed by atoms with Crippen LogP contribution in [0.2, 0.25) is 0 Å². The van der Waals surface area contributed by atoms with Gasteiger partial charge in [0.1, 0.15) is 18.2 Å². The number of hydrogen-bond donors (Lipinski definition) is 2. The van der Waals surface area contributed by atoms with E-state index >= 15 is 0 Å². The first kappa shape index (κ1) is 15.8. The van der Waals surface area contributed by atoms with E-state index in [2.05, 4.69) is 5.32 Å². The van der Waals surface area contributed by atoms with Crippen LogP contribution in [0.15, 0.2) is 42.5 Å². The topological polar surface area (TPSA) is 47.3 Å². The molecule has 0 radical (unpaired) electrons. The van der Waals surface area contributed by atoms with Gasteiger partial charge >= 0.3 is 0 Å². The fourth-order valence-corrected chi connectivity index (χ4v) is 2.56. The van der Waals surface area contributed by atoms with Crippen LogP contribution in [0.4, 0.5) is 10.1 Å². The summed E-state index contributed by atoms with van der Waals surface area (Å²) >= 11 is 0. The van der Waals surface area contributed by atoms with Crippen molar-refractivity contribution in [1.29, 1.82) is 0 Å². The minimum absolute atomic E-state index is 0.255. The van der Waals surface area contributed by atoms with Crippen LogP contribution in [0.3, 0.4) is 0 Å². The number of nitrogen functional groups attached to an aromatic ring is 1. The average molecular weight is 314 g/mol. The Bertz CT molecular complexity index is 656. The van der Waals surface area contributed by atoms with Gasteiger partial charge < -0.3 is 15.8 Å². The number of benzene rings is 2. The summed E-state index contributed by atoms with van der Waals surface area (Å²) in [5.74, 6) is 0.392. The zero-order valence-corrected chi connectivity index (χ0v) is 13.2. The van der Waals surface area contributed by atoms with Gasteiger partial charge in [-0.05, 0) is 67.6 Å². The summed E-state index contributed by atoms with van der Waals surface area (Å²) in [7, 11) is 0. The quantitative estimate of drug-likeness (QED) is 0.577. The molecule has 1 saturated carbocycles. The number of nitrogens with two attached hydrogens (primary N) is 1. The molecule has 2 aromatic carbocycles. The van der Waals surface area contributed by atoms with E-state index < -0.39 is 0 Å². The lowest BCUT2D eigenvalue weighted by Gasteiger charge is -2.11. The van der Waals surface area contributed by atoms with Crippen LogP contribution in [0.25, 0.3) is 0 Å². The van der Waals surface area contributed by atoms with E-state index in [-0.39, 0.29) is 5.82 Å². The normalized spacial score (nSPS) is 14.0. The molecular formula is C19H23FN2O. The molecule has 1 fully saturated rings. The van der Waals surface area contributed by atoms with Crippen LogP contribution < -0.4 is 15.8 Å². The molecule has 0 heterocycles. The SMILES string of the molecule is Nc1cc(CCCNC2CC2)ccc1OCc1cccc(F)c1. The second kappa shape index (κ2) is 7.47. The van der Waals surface area contributed by atoms with Crippen molar-refractivity contribution in [3.05, 3.63) is 59.4 Å². The minimum atomic E-state index is -0.255. The van der Waals surface area contributed by atoms with Crippen LogP contribution in [-0.4, -0.2) is 12.6 Å². The standard InChI is InChI=1S/C19H23FN2O/c20-16-5-1-3-15(11-16)13-23-19-9-6-14(12-18(19)21)4-2-10-22-17-7-8-17/h1,3,5-6,9,11-12,17,22H,2,4,7-8,10,13,21H2. The molecule has 1 aliphatic rings. The Morgan fingerprint density at radius 3 is 2.74 bits per heavy atom. The van der Waals surface area contributed by atoms with Gasteiger partial charge in [-0.3, -0.25) is 0 Å². The van der Waals surface area contributed by atoms with Gasteiger partial charge in [0.2, 0.25) is 0 Å². The molecular weight excluding hydrogens is 291 g/mol. The molecule has 0 atom stereocenters. The second-order valence-electron chi connectivity index (χ2n) is 6.12. The van der Waals surface area contributed by atoms with Crippen molar-refractivity contribution < 1.29 is 9.13 Å². The zero-order valence-electron chi connectivity index (χ0n) is 13.2. The highest BCUT2D eigenvalue weighted by Crippen LogP contribution is 2.24. The molecule has 122 valence electrons. The van der Waals surface area contributed by atoms with Gasteiger partial charge in [0.25, 0.3) is 0 Å². The van der Waals surface area contributed by atoms with E-state index in [0.29, 0.717) is 18.0 Å². The molecule has 23 heavy (non-hydrogen) atoms. The van der Waals surface area contributed by atoms with Crippen molar-refractivity contribution in [2.45, 2.75) is 38.3 Å². The molecule has 0 amide bonds. The smallest absolute Gasteiger partial charge is 0.142 e. The Morgan fingerprint density at radius 1 is 1.13 bits per heavy atom. The molecule has 0 bridgehead atoms. The number of anilines is 1. The largest absolute Gasteiger partial charge is 0.487 e. The maximum absolute atomic E-state index is 13.1. The predicted molar refractivity (Wildman–Crippen MR) is 90.9 cm³/mol. The van der Waals surface area contributed by atoms with Gasteiger partial charge in [-0.15, -0.1) is 0 Å². The van der Waals surface area contributed by atoms with E-state index in [1.807, 2.05) is 24.3 Å². The summed E-state index contributed by atoms with van der Waals surface area (Å²) in [6.45, 7) is 1.37. The Balaban J connectivity index is 1.49. The Hall–Kier alpha value is -2.07. The number of nitrogens with one attached hydrogen (secondary N) is 1. The lowest BCUT2D eigenvalue weighted by molar-refractivity contribution is 0.307. The summed E-state index contributed by atoms with van der Waals surface area (Å²) in [5, 5.41) is 3.51. The highest BCUT2D eigenvalue weighted by atomic mass is 19.1. The molecule has 2 aromatic rings. The summed E-state index contributed by atoms with van der Waals surface area (Å²) in [6, 6.07) is 13.1. The first-order valence-electron chi connectivity index (χ1n) is 8.20. The summed E-state index contributed by atoms with van der Waals surface area (Å²) in [6.07, 6.45) is 4.77. The van der Waals surface area contributed by atoms with Gasteiger partial charge in [0.15, 0.2) is 0 Å². The van der Waals surface area contributed by atoms with E-state index in [0.717, 1.165) is 31.0 Å². The van der Waals surface area contributed by atoms with E-state index in [1.54, 1.807) is 6.07 Å². The highest BCUT2D eigenvalue weighted by molar-refractivity contribution is 5.54. The van der Waals surface area contributed by atoms with Gasteiger partial charge in [-0.1, -0.05) is 18.2 Å². The van der Waals surface area contributed by atoms with Gasteiger partial charge in [0, 0.05) is 6.04 Å². The van der Waals surface area contributed by atoms with Crippen LogP contribution in [0.5, 0.6) is 5.75 Å². The summed E-state index contributed by atoms with van der Waals surface area (Å²) in [5.41, 5.74) is 8.71. The summed E-state index contributed by atoms with van der Waals surface area (Å²) in [4.78, 5) is 0. The Kier molecular flexibility index (Phi) is 5.13. The Labute approximate surface area is 136 Å². The maximum atomic E-state index is 13.1. The van der Waals surface area contributed by atoms with Crippen molar-refractivity contribution in [2.75, 3.05) is 12.3 Å². The monoisotopic (exact) mass is 314 g/mol. The molecule has 0 saturated heterocycles. The van der Waals surface area contributed by atoms with Crippen molar-refractivity contribution >= 4 is 5.69 Å². The first-order chi connectivity index (χ1) is 11.2. The first-order valence-corrected chi connectivity index (χ1v) is 8.20. The van der Waals surface area contributed by atoms with Crippen molar-refractivity contribution in [2.24, 2.45) is 0 Å². The predicted octanol–water partition coefficient (Wildman–Crippen LogP) is 3.67. The van der Waals surface area contributed by atoms with Crippen molar-refractivity contribution in [3.8, 4) is 5.75 Å². The van der Waals surface area contributed by atoms with Crippen LogP contribution in [0.1, 0.15) is 30.4 Å². The van der Waals surface area contributed by atoms with Crippen LogP contribution in [0, 0.1) is 5.82 Å². The fraction of sp³-hybridized carbons (Fsp3) is 0.368. The summed E-state index contributed by atoms with van der Waals surface area (Å²) < 4.78 is 18.8. The molecule has 3 N–H and O–H groups in total. The lowest BCUT2D eigenvalue weighted by Crippen LogP contribution is -2.17. The van der Waals surface area contributed by atoms with Gasteiger partial charge in [0.05, 0.1) is 5.69 Å². The van der Waals surface area contributed by atoms with Gasteiger partial charge in [-0.2, -0.15) is 0 Å². The third-order valence-corrected chi connectivity index (χ3v) is 4.01. The molecule has 0 unspecified atom stereocenters.